The fraction of sp³-hybridized carbons (Fsp3) is 0.294. The third kappa shape index (κ3) is 3.57. The first-order valence-electron chi connectivity index (χ1n) is 7.53. The van der Waals surface area contributed by atoms with Crippen molar-refractivity contribution in [2.75, 3.05) is 6.61 Å². The maximum Gasteiger partial charge on any atom is 0.437 e. The van der Waals surface area contributed by atoms with Crippen LogP contribution in [-0.4, -0.2) is 27.6 Å². The topological polar surface area (TPSA) is 90.6 Å². The van der Waals surface area contributed by atoms with Gasteiger partial charge >= 0.3 is 5.76 Å². The van der Waals surface area contributed by atoms with Crippen LogP contribution in [0.5, 0.6) is 5.75 Å². The van der Waals surface area contributed by atoms with E-state index in [0.717, 1.165) is 15.8 Å². The number of aromatic nitrogens is 2. The van der Waals surface area contributed by atoms with Crippen molar-refractivity contribution in [3.63, 3.8) is 0 Å². The van der Waals surface area contributed by atoms with E-state index in [4.69, 9.17) is 13.6 Å². The first-order valence-corrected chi connectivity index (χ1v) is 7.53. The van der Waals surface area contributed by atoms with E-state index >= 15 is 0 Å². The molecule has 3 rings (SSSR count). The van der Waals surface area contributed by atoms with Gasteiger partial charge in [-0.05, 0) is 37.6 Å². The third-order valence-corrected chi connectivity index (χ3v) is 3.48. The van der Waals surface area contributed by atoms with Gasteiger partial charge in [-0.1, -0.05) is 17.7 Å². The van der Waals surface area contributed by atoms with Crippen molar-refractivity contribution < 1.29 is 18.7 Å². The monoisotopic (exact) mass is 330 g/mol. The quantitative estimate of drug-likeness (QED) is 0.745. The van der Waals surface area contributed by atoms with Crippen LogP contribution in [0.15, 0.2) is 50.2 Å². The minimum atomic E-state index is -0.905. The van der Waals surface area contributed by atoms with Gasteiger partial charge in [0.25, 0.3) is 5.89 Å². The van der Waals surface area contributed by atoms with E-state index in [9.17, 15) is 9.90 Å². The van der Waals surface area contributed by atoms with Crippen LogP contribution in [0.2, 0.25) is 0 Å². The Kier molecular flexibility index (Phi) is 4.52. The van der Waals surface area contributed by atoms with Gasteiger partial charge in [-0.2, -0.15) is 4.68 Å². The molecule has 0 bridgehead atoms. The lowest BCUT2D eigenvalue weighted by Crippen LogP contribution is -2.29. The Labute approximate surface area is 138 Å². The van der Waals surface area contributed by atoms with Crippen LogP contribution in [0.3, 0.4) is 0 Å². The number of hydrogen-bond acceptors (Lipinski definition) is 6. The van der Waals surface area contributed by atoms with E-state index in [1.54, 1.807) is 12.1 Å². The zero-order valence-electron chi connectivity index (χ0n) is 13.4. The van der Waals surface area contributed by atoms with Gasteiger partial charge in [-0.3, -0.25) is 0 Å². The molecule has 126 valence electrons. The van der Waals surface area contributed by atoms with E-state index in [2.05, 4.69) is 5.10 Å². The Balaban J connectivity index is 1.63. The molecule has 2 heterocycles. The summed E-state index contributed by atoms with van der Waals surface area (Å²) in [5.74, 6) is 0.467. The highest BCUT2D eigenvalue weighted by Crippen LogP contribution is 2.19. The molecule has 2 aromatic heterocycles. The molecule has 0 aliphatic heterocycles. The summed E-state index contributed by atoms with van der Waals surface area (Å²) in [6.45, 7) is 3.94. The summed E-state index contributed by atoms with van der Waals surface area (Å²) in [6, 6.07) is 9.09. The van der Waals surface area contributed by atoms with Crippen molar-refractivity contribution in [1.82, 2.24) is 9.78 Å². The molecule has 0 unspecified atom stereocenters. The first-order chi connectivity index (χ1) is 11.5. The molecule has 0 aliphatic carbocycles. The fourth-order valence-corrected chi connectivity index (χ4v) is 2.32. The van der Waals surface area contributed by atoms with Crippen LogP contribution < -0.4 is 10.5 Å². The van der Waals surface area contributed by atoms with E-state index in [0.29, 0.717) is 11.5 Å². The van der Waals surface area contributed by atoms with Crippen LogP contribution in [0, 0.1) is 13.8 Å². The van der Waals surface area contributed by atoms with Gasteiger partial charge in [0.05, 0.1) is 12.8 Å². The number of hydrogen-bond donors (Lipinski definition) is 1. The number of nitrogens with zero attached hydrogens (tertiary/aromatic N) is 2. The standard InChI is InChI=1S/C17H18N2O5/c1-11-5-6-14(12(2)8-11)23-10-13(20)9-19-17(21)24-16(18-19)15-4-3-7-22-15/h3-8,13,20H,9-10H2,1-2H3/t13-/m0/s1. The van der Waals surface area contributed by atoms with Crippen molar-refractivity contribution in [1.29, 1.82) is 0 Å². The van der Waals surface area contributed by atoms with Crippen molar-refractivity contribution in [3.8, 4) is 17.4 Å². The predicted molar refractivity (Wildman–Crippen MR) is 85.9 cm³/mol. The number of aryl methyl sites for hydroxylation is 2. The zero-order valence-corrected chi connectivity index (χ0v) is 13.4. The molecular weight excluding hydrogens is 312 g/mol. The Bertz CT molecular complexity index is 863. The van der Waals surface area contributed by atoms with Crippen LogP contribution in [0.25, 0.3) is 11.7 Å². The van der Waals surface area contributed by atoms with Crippen molar-refractivity contribution >= 4 is 0 Å². The zero-order chi connectivity index (χ0) is 17.1. The second-order valence-corrected chi connectivity index (χ2v) is 5.57. The molecule has 0 amide bonds. The van der Waals surface area contributed by atoms with Crippen LogP contribution in [0.1, 0.15) is 11.1 Å². The molecule has 0 spiro atoms. The summed E-state index contributed by atoms with van der Waals surface area (Å²) >= 11 is 0. The molecule has 0 saturated heterocycles. The van der Waals surface area contributed by atoms with Crippen molar-refractivity contribution in [3.05, 3.63) is 58.3 Å². The normalized spacial score (nSPS) is 12.3. The van der Waals surface area contributed by atoms with Crippen LogP contribution >= 0.6 is 0 Å². The molecule has 0 aliphatic rings. The Morgan fingerprint density at radius 3 is 2.88 bits per heavy atom. The SMILES string of the molecule is Cc1ccc(OC[C@@H](O)Cn2nc(-c3ccco3)oc2=O)c(C)c1. The highest BCUT2D eigenvalue weighted by molar-refractivity contribution is 5.42. The molecule has 3 aromatic rings. The molecule has 1 aromatic carbocycles. The summed E-state index contributed by atoms with van der Waals surface area (Å²) < 4.78 is 16.8. The second kappa shape index (κ2) is 6.76. The number of aliphatic hydroxyl groups is 1. The minimum Gasteiger partial charge on any atom is -0.491 e. The number of rotatable bonds is 6. The summed E-state index contributed by atoms with van der Waals surface area (Å²) in [7, 11) is 0. The Morgan fingerprint density at radius 2 is 2.17 bits per heavy atom. The Morgan fingerprint density at radius 1 is 1.33 bits per heavy atom. The molecule has 0 saturated carbocycles. The van der Waals surface area contributed by atoms with Gasteiger partial charge < -0.3 is 18.7 Å². The summed E-state index contributed by atoms with van der Waals surface area (Å²) in [4.78, 5) is 11.8. The summed E-state index contributed by atoms with van der Waals surface area (Å²) in [6.07, 6.45) is 0.555. The third-order valence-electron chi connectivity index (χ3n) is 3.48. The van der Waals surface area contributed by atoms with Gasteiger partial charge in [0.2, 0.25) is 0 Å². The molecule has 1 atom stereocenters. The van der Waals surface area contributed by atoms with Crippen LogP contribution in [0.4, 0.5) is 0 Å². The van der Waals surface area contributed by atoms with E-state index < -0.39 is 11.9 Å². The molecule has 0 fully saturated rings. The fourth-order valence-electron chi connectivity index (χ4n) is 2.32. The van der Waals surface area contributed by atoms with E-state index in [1.165, 1.54) is 6.26 Å². The number of aliphatic hydroxyl groups excluding tert-OH is 1. The van der Waals surface area contributed by atoms with Gasteiger partial charge in [-0.25, -0.2) is 4.79 Å². The van der Waals surface area contributed by atoms with Gasteiger partial charge in [0.1, 0.15) is 18.5 Å². The molecule has 1 N–H and O–H groups in total. The average Bonchev–Trinajstić information content (AvgIpc) is 3.17. The lowest BCUT2D eigenvalue weighted by molar-refractivity contribution is 0.0872. The smallest absolute Gasteiger partial charge is 0.437 e. The predicted octanol–water partition coefficient (Wildman–Crippen LogP) is 2.15. The molecule has 24 heavy (non-hydrogen) atoms. The Hall–Kier alpha value is -2.80. The number of benzene rings is 1. The van der Waals surface area contributed by atoms with Gasteiger partial charge in [0.15, 0.2) is 5.76 Å². The summed E-state index contributed by atoms with van der Waals surface area (Å²) in [5.41, 5.74) is 2.13. The van der Waals surface area contributed by atoms with Crippen LogP contribution in [-0.2, 0) is 6.54 Å². The van der Waals surface area contributed by atoms with Gasteiger partial charge in [-0.15, -0.1) is 5.10 Å². The first kappa shape index (κ1) is 16.1. The summed E-state index contributed by atoms with van der Waals surface area (Å²) in [5, 5.41) is 14.1. The average molecular weight is 330 g/mol. The molecule has 0 radical (unpaired) electrons. The lowest BCUT2D eigenvalue weighted by Gasteiger charge is -2.13. The number of ether oxygens (including phenoxy) is 1. The van der Waals surface area contributed by atoms with E-state index in [-0.39, 0.29) is 19.0 Å². The molecule has 7 nitrogen and oxygen atoms in total. The highest BCUT2D eigenvalue weighted by Gasteiger charge is 2.16. The van der Waals surface area contributed by atoms with Crippen molar-refractivity contribution in [2.24, 2.45) is 0 Å². The second-order valence-electron chi connectivity index (χ2n) is 5.57. The molecular formula is C17H18N2O5. The maximum absolute atomic E-state index is 11.8. The largest absolute Gasteiger partial charge is 0.491 e. The lowest BCUT2D eigenvalue weighted by atomic mass is 10.1. The molecule has 7 heteroatoms. The van der Waals surface area contributed by atoms with E-state index in [1.807, 2.05) is 32.0 Å². The van der Waals surface area contributed by atoms with Gasteiger partial charge in [0, 0.05) is 0 Å². The number of furan rings is 1. The maximum atomic E-state index is 11.8. The minimum absolute atomic E-state index is 0.0338. The van der Waals surface area contributed by atoms with Crippen molar-refractivity contribution in [2.45, 2.75) is 26.5 Å². The highest BCUT2D eigenvalue weighted by atomic mass is 16.5.